The first-order valence-corrected chi connectivity index (χ1v) is 8.97. The SMILES string of the molecule is CC(C)CNCCCS(=O)c1ccc2c(c1)OCCCO2. The second kappa shape index (κ2) is 8.39. The lowest BCUT2D eigenvalue weighted by Gasteiger charge is -2.10. The highest BCUT2D eigenvalue weighted by Gasteiger charge is 2.13. The molecule has 2 rings (SSSR count). The van der Waals surface area contributed by atoms with Gasteiger partial charge in [0, 0.05) is 23.1 Å². The van der Waals surface area contributed by atoms with Gasteiger partial charge in [0.1, 0.15) is 0 Å². The molecule has 0 amide bonds. The molecule has 1 aromatic carbocycles. The van der Waals surface area contributed by atoms with Crippen molar-refractivity contribution in [3.05, 3.63) is 18.2 Å². The largest absolute Gasteiger partial charge is 0.490 e. The maximum Gasteiger partial charge on any atom is 0.162 e. The highest BCUT2D eigenvalue weighted by atomic mass is 32.2. The van der Waals surface area contributed by atoms with Gasteiger partial charge in [-0.25, -0.2) is 0 Å². The molecule has 1 aliphatic rings. The Balaban J connectivity index is 1.83. The first-order chi connectivity index (χ1) is 10.2. The van der Waals surface area contributed by atoms with Crippen LogP contribution in [0.1, 0.15) is 26.7 Å². The summed E-state index contributed by atoms with van der Waals surface area (Å²) in [5.74, 6) is 2.80. The van der Waals surface area contributed by atoms with E-state index >= 15 is 0 Å². The third-order valence-corrected chi connectivity index (χ3v) is 4.66. The fraction of sp³-hybridized carbons (Fsp3) is 0.625. The van der Waals surface area contributed by atoms with Gasteiger partial charge in [-0.3, -0.25) is 4.21 Å². The van der Waals surface area contributed by atoms with Crippen LogP contribution in [0.2, 0.25) is 0 Å². The van der Waals surface area contributed by atoms with Crippen LogP contribution in [-0.4, -0.2) is 36.3 Å². The van der Waals surface area contributed by atoms with Gasteiger partial charge in [0.15, 0.2) is 11.5 Å². The average Bonchev–Trinajstić information content (AvgIpc) is 2.70. The van der Waals surface area contributed by atoms with Crippen molar-refractivity contribution in [1.29, 1.82) is 0 Å². The smallest absolute Gasteiger partial charge is 0.162 e. The summed E-state index contributed by atoms with van der Waals surface area (Å²) in [6, 6.07) is 5.61. The summed E-state index contributed by atoms with van der Waals surface area (Å²) in [5.41, 5.74) is 0. The van der Waals surface area contributed by atoms with Crippen LogP contribution in [0.3, 0.4) is 0 Å². The van der Waals surface area contributed by atoms with E-state index in [4.69, 9.17) is 9.47 Å². The summed E-state index contributed by atoms with van der Waals surface area (Å²) in [4.78, 5) is 0.822. The van der Waals surface area contributed by atoms with E-state index in [0.717, 1.165) is 42.3 Å². The maximum atomic E-state index is 12.3. The molecule has 0 saturated carbocycles. The lowest BCUT2D eigenvalue weighted by molar-refractivity contribution is 0.297. The monoisotopic (exact) mass is 311 g/mol. The van der Waals surface area contributed by atoms with Gasteiger partial charge in [0.05, 0.1) is 24.0 Å². The van der Waals surface area contributed by atoms with Crippen LogP contribution in [0.4, 0.5) is 0 Å². The molecular formula is C16H25NO3S. The second-order valence-corrected chi connectivity index (χ2v) is 7.23. The minimum Gasteiger partial charge on any atom is -0.490 e. The predicted octanol–water partition coefficient (Wildman–Crippen LogP) is 2.59. The van der Waals surface area contributed by atoms with Gasteiger partial charge in [-0.05, 0) is 37.6 Å². The first kappa shape index (κ1) is 16.3. The van der Waals surface area contributed by atoms with Gasteiger partial charge < -0.3 is 14.8 Å². The molecule has 1 heterocycles. The lowest BCUT2D eigenvalue weighted by atomic mass is 10.2. The average molecular weight is 311 g/mol. The number of nitrogens with one attached hydrogen (secondary N) is 1. The van der Waals surface area contributed by atoms with Gasteiger partial charge >= 0.3 is 0 Å². The second-order valence-electron chi connectivity index (χ2n) is 5.66. The molecular weight excluding hydrogens is 286 g/mol. The first-order valence-electron chi connectivity index (χ1n) is 7.65. The van der Waals surface area contributed by atoms with Crippen LogP contribution in [0, 0.1) is 5.92 Å². The molecule has 0 spiro atoms. The molecule has 118 valence electrons. The molecule has 1 unspecified atom stereocenters. The summed E-state index contributed by atoms with van der Waals surface area (Å²) >= 11 is 0. The van der Waals surface area contributed by atoms with Gasteiger partial charge in [-0.2, -0.15) is 0 Å². The molecule has 0 aromatic heterocycles. The maximum absolute atomic E-state index is 12.3. The number of ether oxygens (including phenoxy) is 2. The van der Waals surface area contributed by atoms with E-state index in [-0.39, 0.29) is 0 Å². The number of hydrogen-bond donors (Lipinski definition) is 1. The van der Waals surface area contributed by atoms with Crippen LogP contribution in [-0.2, 0) is 10.8 Å². The fourth-order valence-electron chi connectivity index (χ4n) is 2.12. The zero-order valence-corrected chi connectivity index (χ0v) is 13.7. The molecule has 4 nitrogen and oxygen atoms in total. The predicted molar refractivity (Wildman–Crippen MR) is 85.6 cm³/mol. The summed E-state index contributed by atoms with van der Waals surface area (Å²) in [6.07, 6.45) is 1.79. The third-order valence-electron chi connectivity index (χ3n) is 3.22. The summed E-state index contributed by atoms with van der Waals surface area (Å²) < 4.78 is 23.5. The lowest BCUT2D eigenvalue weighted by Crippen LogP contribution is -2.21. The number of rotatable bonds is 7. The zero-order valence-electron chi connectivity index (χ0n) is 12.9. The highest BCUT2D eigenvalue weighted by Crippen LogP contribution is 2.31. The van der Waals surface area contributed by atoms with Crippen molar-refractivity contribution in [3.63, 3.8) is 0 Å². The quantitative estimate of drug-likeness (QED) is 0.786. The zero-order chi connectivity index (χ0) is 15.1. The molecule has 21 heavy (non-hydrogen) atoms. The van der Waals surface area contributed by atoms with E-state index in [2.05, 4.69) is 19.2 Å². The molecule has 0 saturated heterocycles. The number of fused-ring (bicyclic) bond motifs is 1. The normalized spacial score (nSPS) is 15.8. The summed E-state index contributed by atoms with van der Waals surface area (Å²) in [7, 11) is -0.977. The Morgan fingerprint density at radius 3 is 2.76 bits per heavy atom. The summed E-state index contributed by atoms with van der Waals surface area (Å²) in [6.45, 7) is 7.62. The highest BCUT2D eigenvalue weighted by molar-refractivity contribution is 7.85. The minimum atomic E-state index is -0.977. The van der Waals surface area contributed by atoms with Crippen molar-refractivity contribution in [3.8, 4) is 11.5 Å². The number of benzene rings is 1. The van der Waals surface area contributed by atoms with Crippen molar-refractivity contribution >= 4 is 10.8 Å². The Bertz CT molecular complexity index is 477. The van der Waals surface area contributed by atoms with Gasteiger partial charge in [-0.1, -0.05) is 13.8 Å². The van der Waals surface area contributed by atoms with Gasteiger partial charge in [0.2, 0.25) is 0 Å². The van der Waals surface area contributed by atoms with E-state index in [9.17, 15) is 4.21 Å². The van der Waals surface area contributed by atoms with Crippen molar-refractivity contribution < 1.29 is 13.7 Å². The van der Waals surface area contributed by atoms with E-state index in [1.807, 2.05) is 18.2 Å². The Morgan fingerprint density at radius 1 is 1.24 bits per heavy atom. The molecule has 1 aromatic rings. The molecule has 0 aliphatic carbocycles. The van der Waals surface area contributed by atoms with Crippen LogP contribution < -0.4 is 14.8 Å². The Labute approximate surface area is 129 Å². The van der Waals surface area contributed by atoms with Gasteiger partial charge in [0.25, 0.3) is 0 Å². The molecule has 1 N–H and O–H groups in total. The van der Waals surface area contributed by atoms with Crippen molar-refractivity contribution in [1.82, 2.24) is 5.32 Å². The van der Waals surface area contributed by atoms with E-state index in [0.29, 0.717) is 24.9 Å². The molecule has 5 heteroatoms. The number of hydrogen-bond acceptors (Lipinski definition) is 4. The topological polar surface area (TPSA) is 47.6 Å². The van der Waals surface area contributed by atoms with Gasteiger partial charge in [-0.15, -0.1) is 0 Å². The molecule has 0 bridgehead atoms. The standard InChI is InChI=1S/C16H25NO3S/c1-13(2)12-17-7-3-10-21(18)14-5-6-15-16(11-14)20-9-4-8-19-15/h5-6,11,13,17H,3-4,7-10,12H2,1-2H3. The van der Waals surface area contributed by atoms with E-state index < -0.39 is 10.8 Å². The van der Waals surface area contributed by atoms with E-state index in [1.165, 1.54) is 0 Å². The van der Waals surface area contributed by atoms with Crippen molar-refractivity contribution in [2.45, 2.75) is 31.6 Å². The molecule has 1 atom stereocenters. The van der Waals surface area contributed by atoms with Crippen molar-refractivity contribution in [2.24, 2.45) is 5.92 Å². The van der Waals surface area contributed by atoms with Crippen molar-refractivity contribution in [2.75, 3.05) is 32.1 Å². The Morgan fingerprint density at radius 2 is 2.00 bits per heavy atom. The van der Waals surface area contributed by atoms with Crippen LogP contribution >= 0.6 is 0 Å². The molecule has 1 aliphatic heterocycles. The molecule has 0 radical (unpaired) electrons. The third kappa shape index (κ3) is 5.32. The minimum absolute atomic E-state index is 0.650. The molecule has 0 fully saturated rings. The Hall–Kier alpha value is -1.07. The fourth-order valence-corrected chi connectivity index (χ4v) is 3.22. The van der Waals surface area contributed by atoms with Crippen LogP contribution in [0.5, 0.6) is 11.5 Å². The van der Waals surface area contributed by atoms with Crippen LogP contribution in [0.25, 0.3) is 0 Å². The Kier molecular flexibility index (Phi) is 6.51. The van der Waals surface area contributed by atoms with E-state index in [1.54, 1.807) is 0 Å². The summed E-state index contributed by atoms with van der Waals surface area (Å²) in [5, 5.41) is 3.37. The van der Waals surface area contributed by atoms with Crippen LogP contribution in [0.15, 0.2) is 23.1 Å².